The summed E-state index contributed by atoms with van der Waals surface area (Å²) in [7, 11) is 0. The first kappa shape index (κ1) is 24.7. The van der Waals surface area contributed by atoms with Gasteiger partial charge in [0.15, 0.2) is 0 Å². The van der Waals surface area contributed by atoms with Gasteiger partial charge in [-0.25, -0.2) is 4.98 Å². The highest BCUT2D eigenvalue weighted by Crippen LogP contribution is 2.28. The van der Waals surface area contributed by atoms with Crippen LogP contribution in [0.5, 0.6) is 0 Å². The van der Waals surface area contributed by atoms with Crippen molar-refractivity contribution in [3.8, 4) is 40.4 Å². The predicted molar refractivity (Wildman–Crippen MR) is 140 cm³/mol. The molecule has 3 aromatic heterocycles. The maximum atomic E-state index is 9.48. The summed E-state index contributed by atoms with van der Waals surface area (Å²) in [5, 5.41) is 21.5. The Bertz CT molecular complexity index is 1420. The first-order valence-electron chi connectivity index (χ1n) is 12.4. The van der Waals surface area contributed by atoms with E-state index < -0.39 is 5.41 Å². The first-order valence-corrected chi connectivity index (χ1v) is 12.4. The van der Waals surface area contributed by atoms with Crippen LogP contribution < -0.4 is 5.32 Å². The highest BCUT2D eigenvalue weighted by Gasteiger charge is 2.23. The second kappa shape index (κ2) is 10.5. The molecule has 1 N–H and O–H groups in total. The molecular formula is C28H31N7O2. The molecule has 4 heterocycles. The number of benzene rings is 1. The Hall–Kier alpha value is -4.00. The van der Waals surface area contributed by atoms with E-state index in [1.165, 1.54) is 5.56 Å². The van der Waals surface area contributed by atoms with Crippen molar-refractivity contribution in [3.05, 3.63) is 65.7 Å². The summed E-state index contributed by atoms with van der Waals surface area (Å²) in [5.74, 6) is 0.722. The third-order valence-electron chi connectivity index (χ3n) is 6.51. The van der Waals surface area contributed by atoms with Gasteiger partial charge in [0.2, 0.25) is 5.89 Å². The summed E-state index contributed by atoms with van der Waals surface area (Å²) in [6.07, 6.45) is 5.62. The van der Waals surface area contributed by atoms with Gasteiger partial charge in [-0.05, 0) is 63.4 Å². The van der Waals surface area contributed by atoms with E-state index in [1.807, 2.05) is 45.0 Å². The van der Waals surface area contributed by atoms with Gasteiger partial charge in [0.1, 0.15) is 5.69 Å². The van der Waals surface area contributed by atoms with Gasteiger partial charge in [-0.2, -0.15) is 5.26 Å². The van der Waals surface area contributed by atoms with Crippen LogP contribution >= 0.6 is 0 Å². The lowest BCUT2D eigenvalue weighted by atomic mass is 9.90. The Labute approximate surface area is 217 Å². The van der Waals surface area contributed by atoms with Crippen LogP contribution in [0.25, 0.3) is 34.3 Å². The van der Waals surface area contributed by atoms with E-state index in [2.05, 4.69) is 43.7 Å². The molecule has 190 valence electrons. The molecular weight excluding hydrogens is 466 g/mol. The van der Waals surface area contributed by atoms with Crippen LogP contribution in [-0.4, -0.2) is 44.4 Å². The molecule has 9 heteroatoms. The molecule has 0 bridgehead atoms. The van der Waals surface area contributed by atoms with Gasteiger partial charge in [-0.15, -0.1) is 10.2 Å². The van der Waals surface area contributed by atoms with Gasteiger partial charge in [0.25, 0.3) is 5.89 Å². The molecule has 1 aromatic carbocycles. The largest absolute Gasteiger partial charge is 0.415 e. The zero-order valence-corrected chi connectivity index (χ0v) is 21.2. The van der Waals surface area contributed by atoms with E-state index in [9.17, 15) is 5.26 Å². The van der Waals surface area contributed by atoms with Crippen molar-refractivity contribution in [2.24, 2.45) is 0 Å². The molecule has 1 aliphatic heterocycles. The minimum absolute atomic E-state index is 0. The molecule has 4 aromatic rings. The van der Waals surface area contributed by atoms with Gasteiger partial charge in [0, 0.05) is 37.9 Å². The van der Waals surface area contributed by atoms with Crippen LogP contribution in [0, 0.1) is 18.3 Å². The van der Waals surface area contributed by atoms with E-state index >= 15 is 0 Å². The third-order valence-corrected chi connectivity index (χ3v) is 6.51. The van der Waals surface area contributed by atoms with Crippen LogP contribution in [0.3, 0.4) is 0 Å². The van der Waals surface area contributed by atoms with Crippen molar-refractivity contribution in [2.45, 2.75) is 51.6 Å². The van der Waals surface area contributed by atoms with E-state index in [0.29, 0.717) is 40.6 Å². The predicted octanol–water partition coefficient (Wildman–Crippen LogP) is 4.88. The second-order valence-electron chi connectivity index (χ2n) is 9.76. The maximum absolute atomic E-state index is 9.48. The number of nitrogens with zero attached hydrogens (tertiary/aromatic N) is 6. The molecule has 5 rings (SSSR count). The van der Waals surface area contributed by atoms with Gasteiger partial charge in [-0.1, -0.05) is 12.1 Å². The fourth-order valence-corrected chi connectivity index (χ4v) is 4.14. The van der Waals surface area contributed by atoms with Gasteiger partial charge < -0.3 is 14.5 Å². The lowest BCUT2D eigenvalue weighted by Crippen LogP contribution is -2.36. The molecule has 0 saturated carbocycles. The number of aromatic nitrogens is 5. The molecule has 0 amide bonds. The quantitative estimate of drug-likeness (QED) is 0.380. The minimum Gasteiger partial charge on any atom is -0.415 e. The van der Waals surface area contributed by atoms with Crippen LogP contribution in [0.2, 0.25) is 0 Å². The molecule has 1 unspecified atom stereocenters. The number of nitrogens with one attached hydrogen (secondary N) is 1. The first-order chi connectivity index (χ1) is 17.9. The topological polar surface area (TPSA) is 123 Å². The standard InChI is InChI=1S/C28H29N7O2.H2/c1-18-25(33-23(15-31-18)21-10-11-30-24(13-21)28(2,3)17-29)27-35-34-26(37-27)20-8-6-19(7-9-20)14-32-22-5-4-12-36-16-22;/h6-11,13,15,22,32H,4-5,12,14,16H2,1-3H3;1H. The lowest BCUT2D eigenvalue weighted by Gasteiger charge is -2.23. The van der Waals surface area contributed by atoms with Gasteiger partial charge >= 0.3 is 0 Å². The second-order valence-corrected chi connectivity index (χ2v) is 9.76. The van der Waals surface area contributed by atoms with Crippen molar-refractivity contribution < 1.29 is 10.6 Å². The van der Waals surface area contributed by atoms with Gasteiger partial charge in [-0.3, -0.25) is 9.97 Å². The van der Waals surface area contributed by atoms with E-state index in [1.54, 1.807) is 12.4 Å². The fraction of sp³-hybridized carbons (Fsp3) is 0.357. The summed E-state index contributed by atoms with van der Waals surface area (Å²) in [5.41, 5.74) is 4.62. The summed E-state index contributed by atoms with van der Waals surface area (Å²) in [6, 6.07) is 14.5. The Morgan fingerprint density at radius 3 is 2.68 bits per heavy atom. The Morgan fingerprint density at radius 1 is 1.11 bits per heavy atom. The van der Waals surface area contributed by atoms with Crippen LogP contribution in [-0.2, 0) is 16.7 Å². The molecule has 37 heavy (non-hydrogen) atoms. The summed E-state index contributed by atoms with van der Waals surface area (Å²) < 4.78 is 11.5. The average Bonchev–Trinajstić information content (AvgIpc) is 3.43. The van der Waals surface area contributed by atoms with Crippen LogP contribution in [0.1, 0.15) is 45.1 Å². The number of aryl methyl sites for hydroxylation is 1. The minimum atomic E-state index is -0.714. The number of hydrogen-bond donors (Lipinski definition) is 1. The lowest BCUT2D eigenvalue weighted by molar-refractivity contribution is 0.0699. The highest BCUT2D eigenvalue weighted by atomic mass is 16.5. The monoisotopic (exact) mass is 497 g/mol. The average molecular weight is 498 g/mol. The van der Waals surface area contributed by atoms with E-state index in [4.69, 9.17) is 14.1 Å². The number of hydrogen-bond acceptors (Lipinski definition) is 9. The van der Waals surface area contributed by atoms with E-state index in [0.717, 1.165) is 43.7 Å². The third kappa shape index (κ3) is 5.56. The fourth-order valence-electron chi connectivity index (χ4n) is 4.14. The van der Waals surface area contributed by atoms with Crippen LogP contribution in [0.15, 0.2) is 53.2 Å². The smallest absolute Gasteiger partial charge is 0.268 e. The number of pyridine rings is 1. The number of rotatable bonds is 7. The molecule has 1 atom stereocenters. The maximum Gasteiger partial charge on any atom is 0.268 e. The molecule has 1 fully saturated rings. The number of nitriles is 1. The Balaban J connectivity index is 0.00000336. The molecule has 0 spiro atoms. The summed E-state index contributed by atoms with van der Waals surface area (Å²) in [4.78, 5) is 13.6. The molecule has 9 nitrogen and oxygen atoms in total. The molecule has 0 radical (unpaired) electrons. The van der Waals surface area contributed by atoms with Crippen molar-refractivity contribution in [2.75, 3.05) is 13.2 Å². The zero-order chi connectivity index (χ0) is 25.8. The zero-order valence-electron chi connectivity index (χ0n) is 21.2. The molecule has 1 saturated heterocycles. The van der Waals surface area contributed by atoms with Crippen molar-refractivity contribution >= 4 is 0 Å². The summed E-state index contributed by atoms with van der Waals surface area (Å²) in [6.45, 7) is 7.94. The Morgan fingerprint density at radius 2 is 1.92 bits per heavy atom. The summed E-state index contributed by atoms with van der Waals surface area (Å²) >= 11 is 0. The molecule has 0 aliphatic carbocycles. The van der Waals surface area contributed by atoms with Crippen LogP contribution in [0.4, 0.5) is 0 Å². The normalized spacial score (nSPS) is 15.9. The number of ether oxygens (including phenoxy) is 1. The highest BCUT2D eigenvalue weighted by molar-refractivity contribution is 5.64. The van der Waals surface area contributed by atoms with Crippen molar-refractivity contribution in [3.63, 3.8) is 0 Å². The Kier molecular flexibility index (Phi) is 7.04. The van der Waals surface area contributed by atoms with Crippen molar-refractivity contribution in [1.82, 2.24) is 30.5 Å². The molecule has 1 aliphatic rings. The SMILES string of the molecule is Cc1ncc(-c2ccnc(C(C)(C)C#N)c2)nc1-c1nnc(-c2ccc(CNC3CCCOC3)cc2)o1.[HH]. The van der Waals surface area contributed by atoms with E-state index in [-0.39, 0.29) is 1.43 Å². The van der Waals surface area contributed by atoms with Gasteiger partial charge in [0.05, 0.1) is 41.4 Å². The van der Waals surface area contributed by atoms with Crippen molar-refractivity contribution in [1.29, 1.82) is 5.26 Å².